The predicted octanol–water partition coefficient (Wildman–Crippen LogP) is 6.21. The van der Waals surface area contributed by atoms with Gasteiger partial charge in [0.05, 0.1) is 38.2 Å². The van der Waals surface area contributed by atoms with Gasteiger partial charge in [0, 0.05) is 60.3 Å². The molecule has 0 amide bonds. The van der Waals surface area contributed by atoms with Gasteiger partial charge in [0.15, 0.2) is 8.32 Å². The maximum Gasteiger partial charge on any atom is 0.192 e. The third-order valence-electron chi connectivity index (χ3n) is 7.11. The summed E-state index contributed by atoms with van der Waals surface area (Å²) in [5.41, 5.74) is 4.53. The molecule has 0 bridgehead atoms. The fourth-order valence-electron chi connectivity index (χ4n) is 3.86. The molecule has 0 fully saturated rings. The molecule has 4 aromatic rings. The van der Waals surface area contributed by atoms with Crippen LogP contribution in [0.25, 0.3) is 22.2 Å². The molecule has 2 aromatic heterocycles. The van der Waals surface area contributed by atoms with Gasteiger partial charge in [0.1, 0.15) is 11.5 Å². The van der Waals surface area contributed by atoms with Crippen LogP contribution in [0.4, 0.5) is 11.4 Å². The molecule has 9 heteroatoms. The van der Waals surface area contributed by atoms with Gasteiger partial charge in [-0.25, -0.2) is 0 Å². The van der Waals surface area contributed by atoms with E-state index in [0.29, 0.717) is 13.2 Å². The Kier molecular flexibility index (Phi) is 7.56. The second-order valence-electron chi connectivity index (χ2n) is 10.7. The summed E-state index contributed by atoms with van der Waals surface area (Å²) in [6.45, 7) is 12.6. The van der Waals surface area contributed by atoms with E-state index in [9.17, 15) is 0 Å². The molecular weight excluding hydrogens is 482 g/mol. The number of ether oxygens (including phenoxy) is 2. The van der Waals surface area contributed by atoms with E-state index in [1.165, 1.54) is 0 Å². The Bertz CT molecular complexity index is 1360. The van der Waals surface area contributed by atoms with E-state index in [4.69, 9.17) is 13.9 Å². The van der Waals surface area contributed by atoms with Gasteiger partial charge < -0.3 is 18.8 Å². The van der Waals surface area contributed by atoms with Gasteiger partial charge >= 0.3 is 0 Å². The highest BCUT2D eigenvalue weighted by molar-refractivity contribution is 6.74. The maximum atomic E-state index is 6.55. The first kappa shape index (κ1) is 26.6. The standard InChI is InChI=1S/C28H37N5O3Si/c1-28(2,3)37(7,8)36-12-11-33(23-15-24(34-5)17-25(16-23)35-6)22-9-10-26-20(13-22)14-27(31-30-26)21-18-29-32(4)19-21/h9-10,13-19H,11-12H2,1-8H3. The Morgan fingerprint density at radius 2 is 1.62 bits per heavy atom. The van der Waals surface area contributed by atoms with Crippen molar-refractivity contribution in [3.05, 3.63) is 54.9 Å². The van der Waals surface area contributed by atoms with Crippen LogP contribution in [0.2, 0.25) is 18.1 Å². The van der Waals surface area contributed by atoms with Gasteiger partial charge in [0.25, 0.3) is 0 Å². The lowest BCUT2D eigenvalue weighted by atomic mass is 10.1. The number of fused-ring (bicyclic) bond motifs is 1. The topological polar surface area (TPSA) is 74.5 Å². The number of nitrogens with zero attached hydrogens (tertiary/aromatic N) is 5. The van der Waals surface area contributed by atoms with Crippen molar-refractivity contribution >= 4 is 30.6 Å². The van der Waals surface area contributed by atoms with Crippen LogP contribution >= 0.6 is 0 Å². The summed E-state index contributed by atoms with van der Waals surface area (Å²) in [6, 6.07) is 14.2. The average Bonchev–Trinajstić information content (AvgIpc) is 3.31. The minimum atomic E-state index is -1.90. The van der Waals surface area contributed by atoms with Crippen LogP contribution in [0.1, 0.15) is 20.8 Å². The van der Waals surface area contributed by atoms with Gasteiger partial charge in [-0.15, -0.1) is 10.2 Å². The Balaban J connectivity index is 1.73. The minimum absolute atomic E-state index is 0.140. The Morgan fingerprint density at radius 1 is 0.919 bits per heavy atom. The molecule has 0 aliphatic carbocycles. The Labute approximate surface area is 220 Å². The zero-order valence-corrected chi connectivity index (χ0v) is 24.1. The molecule has 196 valence electrons. The van der Waals surface area contributed by atoms with Gasteiger partial charge in [-0.05, 0) is 42.4 Å². The second-order valence-corrected chi connectivity index (χ2v) is 15.5. The van der Waals surface area contributed by atoms with E-state index >= 15 is 0 Å². The van der Waals surface area contributed by atoms with E-state index in [2.05, 4.69) is 72.3 Å². The number of methoxy groups -OCH3 is 2. The first-order valence-corrected chi connectivity index (χ1v) is 15.3. The smallest absolute Gasteiger partial charge is 0.192 e. The summed E-state index contributed by atoms with van der Waals surface area (Å²) in [5.74, 6) is 1.46. The molecule has 0 saturated carbocycles. The molecule has 0 spiro atoms. The molecule has 2 heterocycles. The van der Waals surface area contributed by atoms with Crippen molar-refractivity contribution in [2.45, 2.75) is 38.9 Å². The van der Waals surface area contributed by atoms with E-state index in [-0.39, 0.29) is 5.04 Å². The molecule has 8 nitrogen and oxygen atoms in total. The molecule has 0 radical (unpaired) electrons. The largest absolute Gasteiger partial charge is 0.497 e. The van der Waals surface area contributed by atoms with Crippen molar-refractivity contribution in [2.24, 2.45) is 7.05 Å². The lowest BCUT2D eigenvalue weighted by Crippen LogP contribution is -2.42. The van der Waals surface area contributed by atoms with Crippen LogP contribution in [-0.4, -0.2) is 55.7 Å². The fourth-order valence-corrected chi connectivity index (χ4v) is 4.89. The van der Waals surface area contributed by atoms with Crippen molar-refractivity contribution in [1.82, 2.24) is 20.0 Å². The van der Waals surface area contributed by atoms with Crippen molar-refractivity contribution < 1.29 is 13.9 Å². The molecule has 2 aromatic carbocycles. The van der Waals surface area contributed by atoms with E-state index < -0.39 is 8.32 Å². The summed E-state index contributed by atoms with van der Waals surface area (Å²) in [5, 5.41) is 14.3. The molecular formula is C28H37N5O3Si. The van der Waals surface area contributed by atoms with E-state index in [1.807, 2.05) is 37.5 Å². The molecule has 0 N–H and O–H groups in total. The minimum Gasteiger partial charge on any atom is -0.497 e. The lowest BCUT2D eigenvalue weighted by Gasteiger charge is -2.37. The number of anilines is 2. The molecule has 4 rings (SSSR count). The summed E-state index contributed by atoms with van der Waals surface area (Å²) in [7, 11) is 3.32. The highest BCUT2D eigenvalue weighted by Gasteiger charge is 2.37. The Morgan fingerprint density at radius 3 is 2.22 bits per heavy atom. The van der Waals surface area contributed by atoms with Crippen LogP contribution in [0.5, 0.6) is 11.5 Å². The number of benzene rings is 2. The highest BCUT2D eigenvalue weighted by atomic mass is 28.4. The van der Waals surface area contributed by atoms with Crippen molar-refractivity contribution in [1.29, 1.82) is 0 Å². The molecule has 0 atom stereocenters. The van der Waals surface area contributed by atoms with Crippen molar-refractivity contribution in [2.75, 3.05) is 32.3 Å². The van der Waals surface area contributed by atoms with Crippen LogP contribution < -0.4 is 14.4 Å². The van der Waals surface area contributed by atoms with Gasteiger partial charge in [-0.3, -0.25) is 4.68 Å². The quantitative estimate of drug-likeness (QED) is 0.243. The number of aromatic nitrogens is 4. The van der Waals surface area contributed by atoms with Gasteiger partial charge in [-0.1, -0.05) is 20.8 Å². The average molecular weight is 520 g/mol. The molecule has 0 aliphatic heterocycles. The number of rotatable bonds is 9. The maximum absolute atomic E-state index is 6.55. The highest BCUT2D eigenvalue weighted by Crippen LogP contribution is 2.38. The van der Waals surface area contributed by atoms with Crippen LogP contribution in [0.15, 0.2) is 54.9 Å². The lowest BCUT2D eigenvalue weighted by molar-refractivity contribution is 0.297. The number of aryl methyl sites for hydroxylation is 1. The van der Waals surface area contributed by atoms with Crippen molar-refractivity contribution in [3.8, 4) is 22.8 Å². The summed E-state index contributed by atoms with van der Waals surface area (Å²) < 4.78 is 19.4. The zero-order chi connectivity index (χ0) is 26.8. The van der Waals surface area contributed by atoms with Crippen LogP contribution in [0.3, 0.4) is 0 Å². The summed E-state index contributed by atoms with van der Waals surface area (Å²) in [4.78, 5) is 2.24. The SMILES string of the molecule is COc1cc(OC)cc(N(CCO[Si](C)(C)C(C)(C)C)c2ccc3nnc(-c4cnn(C)c4)cc3c2)c1. The predicted molar refractivity (Wildman–Crippen MR) is 151 cm³/mol. The first-order chi connectivity index (χ1) is 17.5. The molecule has 37 heavy (non-hydrogen) atoms. The van der Waals surface area contributed by atoms with Crippen molar-refractivity contribution in [3.63, 3.8) is 0 Å². The van der Waals surface area contributed by atoms with E-state index in [0.717, 1.165) is 45.0 Å². The summed E-state index contributed by atoms with van der Waals surface area (Å²) in [6.07, 6.45) is 3.74. The van der Waals surface area contributed by atoms with Gasteiger partial charge in [0.2, 0.25) is 0 Å². The monoisotopic (exact) mass is 519 g/mol. The molecule has 0 saturated heterocycles. The zero-order valence-electron chi connectivity index (χ0n) is 23.1. The van der Waals surface area contributed by atoms with Crippen LogP contribution in [-0.2, 0) is 11.5 Å². The number of hydrogen-bond acceptors (Lipinski definition) is 7. The van der Waals surface area contributed by atoms with Gasteiger partial charge in [-0.2, -0.15) is 5.10 Å². The normalized spacial score (nSPS) is 12.1. The Hall–Kier alpha value is -3.43. The van der Waals surface area contributed by atoms with Crippen LogP contribution in [0, 0.1) is 0 Å². The molecule has 0 unspecified atom stereocenters. The first-order valence-electron chi connectivity index (χ1n) is 12.4. The molecule has 0 aliphatic rings. The number of hydrogen-bond donors (Lipinski definition) is 0. The summed E-state index contributed by atoms with van der Waals surface area (Å²) >= 11 is 0. The fraction of sp³-hybridized carbons (Fsp3) is 0.393. The third kappa shape index (κ3) is 5.94. The third-order valence-corrected chi connectivity index (χ3v) is 11.7. The van der Waals surface area contributed by atoms with E-state index in [1.54, 1.807) is 25.1 Å². The second kappa shape index (κ2) is 10.5.